The number of alkyl halides is 3. The van der Waals surface area contributed by atoms with Gasteiger partial charge in [-0.3, -0.25) is 9.78 Å². The SMILES string of the molecule is CCOC(=O)Cc1cnc(C(F)(F)F)cc1OC. The third kappa shape index (κ3) is 3.61. The third-order valence-electron chi connectivity index (χ3n) is 2.09. The summed E-state index contributed by atoms with van der Waals surface area (Å²) in [6.07, 6.45) is -3.75. The van der Waals surface area contributed by atoms with Gasteiger partial charge in [-0.1, -0.05) is 0 Å². The van der Waals surface area contributed by atoms with Gasteiger partial charge in [0.1, 0.15) is 11.4 Å². The summed E-state index contributed by atoms with van der Waals surface area (Å²) in [5.74, 6) is -0.581. The fourth-order valence-corrected chi connectivity index (χ4v) is 1.31. The van der Waals surface area contributed by atoms with Gasteiger partial charge >= 0.3 is 12.1 Å². The Labute approximate surface area is 102 Å². The second kappa shape index (κ2) is 5.70. The Hall–Kier alpha value is -1.79. The normalized spacial score (nSPS) is 11.2. The number of aromatic nitrogens is 1. The van der Waals surface area contributed by atoms with Gasteiger partial charge in [0, 0.05) is 17.8 Å². The molecule has 0 unspecified atom stereocenters. The summed E-state index contributed by atoms with van der Waals surface area (Å²) in [5.41, 5.74) is -0.809. The standard InChI is InChI=1S/C11H12F3NO3/c1-3-18-10(16)4-7-6-15-9(11(12,13)14)5-8(7)17-2/h5-6H,3-4H2,1-2H3. The Balaban J connectivity index is 2.97. The Morgan fingerprint density at radius 2 is 2.11 bits per heavy atom. The summed E-state index contributed by atoms with van der Waals surface area (Å²) in [7, 11) is 1.23. The van der Waals surface area contributed by atoms with Crippen LogP contribution in [0.2, 0.25) is 0 Å². The molecular weight excluding hydrogens is 251 g/mol. The van der Waals surface area contributed by atoms with Gasteiger partial charge in [-0.2, -0.15) is 13.2 Å². The number of carbonyl (C=O) groups is 1. The zero-order chi connectivity index (χ0) is 13.8. The van der Waals surface area contributed by atoms with Crippen molar-refractivity contribution in [1.82, 2.24) is 4.98 Å². The molecule has 0 saturated carbocycles. The molecule has 4 nitrogen and oxygen atoms in total. The second-order valence-electron chi connectivity index (χ2n) is 3.36. The number of hydrogen-bond donors (Lipinski definition) is 0. The first-order valence-corrected chi connectivity index (χ1v) is 5.14. The molecule has 7 heteroatoms. The van der Waals surface area contributed by atoms with Gasteiger partial charge in [-0.05, 0) is 6.92 Å². The van der Waals surface area contributed by atoms with E-state index in [2.05, 4.69) is 4.98 Å². The number of esters is 1. The first kappa shape index (κ1) is 14.3. The second-order valence-corrected chi connectivity index (χ2v) is 3.36. The van der Waals surface area contributed by atoms with Crippen LogP contribution in [0.5, 0.6) is 5.75 Å². The highest BCUT2D eigenvalue weighted by atomic mass is 19.4. The Kier molecular flexibility index (Phi) is 4.52. The monoisotopic (exact) mass is 263 g/mol. The van der Waals surface area contributed by atoms with Crippen molar-refractivity contribution >= 4 is 5.97 Å². The van der Waals surface area contributed by atoms with E-state index in [1.165, 1.54) is 7.11 Å². The average Bonchev–Trinajstić information content (AvgIpc) is 2.28. The van der Waals surface area contributed by atoms with Crippen molar-refractivity contribution in [2.75, 3.05) is 13.7 Å². The smallest absolute Gasteiger partial charge is 0.433 e. The molecule has 0 radical (unpaired) electrons. The Morgan fingerprint density at radius 3 is 2.61 bits per heavy atom. The molecule has 0 aliphatic heterocycles. The molecule has 0 fully saturated rings. The first-order valence-electron chi connectivity index (χ1n) is 5.14. The molecule has 0 saturated heterocycles. The molecule has 100 valence electrons. The zero-order valence-corrected chi connectivity index (χ0v) is 9.87. The van der Waals surface area contributed by atoms with Crippen molar-refractivity contribution in [2.45, 2.75) is 19.5 Å². The van der Waals surface area contributed by atoms with Crippen molar-refractivity contribution in [1.29, 1.82) is 0 Å². The maximum atomic E-state index is 12.4. The maximum Gasteiger partial charge on any atom is 0.433 e. The predicted molar refractivity (Wildman–Crippen MR) is 56.1 cm³/mol. The van der Waals surface area contributed by atoms with Crippen LogP contribution in [0.3, 0.4) is 0 Å². The number of methoxy groups -OCH3 is 1. The Bertz CT molecular complexity index is 432. The topological polar surface area (TPSA) is 48.4 Å². The van der Waals surface area contributed by atoms with Gasteiger partial charge in [-0.25, -0.2) is 0 Å². The summed E-state index contributed by atoms with van der Waals surface area (Å²) in [5, 5.41) is 0. The van der Waals surface area contributed by atoms with Gasteiger partial charge < -0.3 is 9.47 Å². The fraction of sp³-hybridized carbons (Fsp3) is 0.455. The van der Waals surface area contributed by atoms with E-state index in [1.54, 1.807) is 6.92 Å². The summed E-state index contributed by atoms with van der Waals surface area (Å²) < 4.78 is 46.7. The lowest BCUT2D eigenvalue weighted by Crippen LogP contribution is -2.12. The Morgan fingerprint density at radius 1 is 1.44 bits per heavy atom. The van der Waals surface area contributed by atoms with Gasteiger partial charge in [0.2, 0.25) is 0 Å². The molecule has 0 N–H and O–H groups in total. The van der Waals surface area contributed by atoms with E-state index in [1.807, 2.05) is 0 Å². The molecule has 1 rings (SSSR count). The van der Waals surface area contributed by atoms with Crippen LogP contribution in [-0.2, 0) is 22.1 Å². The molecule has 1 aromatic rings. The fourth-order valence-electron chi connectivity index (χ4n) is 1.31. The quantitative estimate of drug-likeness (QED) is 0.781. The largest absolute Gasteiger partial charge is 0.496 e. The lowest BCUT2D eigenvalue weighted by Gasteiger charge is -2.11. The summed E-state index contributed by atoms with van der Waals surface area (Å²) >= 11 is 0. The number of ether oxygens (including phenoxy) is 2. The number of pyridine rings is 1. The minimum atomic E-state index is -4.55. The van der Waals surface area contributed by atoms with Crippen LogP contribution in [0.15, 0.2) is 12.3 Å². The van der Waals surface area contributed by atoms with E-state index in [0.717, 1.165) is 12.3 Å². The summed E-state index contributed by atoms with van der Waals surface area (Å²) in [6.45, 7) is 1.84. The molecule has 18 heavy (non-hydrogen) atoms. The summed E-state index contributed by atoms with van der Waals surface area (Å²) in [6, 6.07) is 0.758. The number of rotatable bonds is 4. The van der Waals surface area contributed by atoms with Crippen molar-refractivity contribution < 1.29 is 27.4 Å². The van der Waals surface area contributed by atoms with Crippen molar-refractivity contribution in [3.8, 4) is 5.75 Å². The van der Waals surface area contributed by atoms with E-state index in [0.29, 0.717) is 0 Å². The predicted octanol–water partition coefficient (Wildman–Crippen LogP) is 2.21. The van der Waals surface area contributed by atoms with Crippen LogP contribution in [0.4, 0.5) is 13.2 Å². The lowest BCUT2D eigenvalue weighted by atomic mass is 10.1. The van der Waals surface area contributed by atoms with Crippen molar-refractivity contribution in [3.63, 3.8) is 0 Å². The van der Waals surface area contributed by atoms with E-state index < -0.39 is 17.8 Å². The van der Waals surface area contributed by atoms with Crippen LogP contribution in [0.25, 0.3) is 0 Å². The molecule has 0 amide bonds. The average molecular weight is 263 g/mol. The molecule has 0 aliphatic rings. The number of carbonyl (C=O) groups excluding carboxylic acids is 1. The van der Waals surface area contributed by atoms with Gasteiger partial charge in [0.05, 0.1) is 20.1 Å². The molecule has 0 bridgehead atoms. The molecule has 1 heterocycles. The van der Waals surface area contributed by atoms with Gasteiger partial charge in [-0.15, -0.1) is 0 Å². The van der Waals surface area contributed by atoms with Crippen LogP contribution >= 0.6 is 0 Å². The molecule has 0 spiro atoms. The van der Waals surface area contributed by atoms with E-state index in [-0.39, 0.29) is 24.3 Å². The highest BCUT2D eigenvalue weighted by Crippen LogP contribution is 2.31. The minimum Gasteiger partial charge on any atom is -0.496 e. The van der Waals surface area contributed by atoms with E-state index >= 15 is 0 Å². The summed E-state index contributed by atoms with van der Waals surface area (Å²) in [4.78, 5) is 14.5. The number of halogens is 3. The zero-order valence-electron chi connectivity index (χ0n) is 9.87. The van der Waals surface area contributed by atoms with Gasteiger partial charge in [0.25, 0.3) is 0 Å². The van der Waals surface area contributed by atoms with Crippen LogP contribution < -0.4 is 4.74 Å². The van der Waals surface area contributed by atoms with E-state index in [4.69, 9.17) is 9.47 Å². The lowest BCUT2D eigenvalue weighted by molar-refractivity contribution is -0.142. The molecule has 0 aromatic carbocycles. The molecule has 0 atom stereocenters. The highest BCUT2D eigenvalue weighted by Gasteiger charge is 2.33. The molecule has 1 aromatic heterocycles. The van der Waals surface area contributed by atoms with Crippen LogP contribution in [0.1, 0.15) is 18.2 Å². The highest BCUT2D eigenvalue weighted by molar-refractivity contribution is 5.73. The molecule has 0 aliphatic carbocycles. The van der Waals surface area contributed by atoms with Crippen LogP contribution in [0, 0.1) is 0 Å². The van der Waals surface area contributed by atoms with Crippen molar-refractivity contribution in [3.05, 3.63) is 23.5 Å². The van der Waals surface area contributed by atoms with Crippen molar-refractivity contribution in [2.24, 2.45) is 0 Å². The first-order chi connectivity index (χ1) is 8.38. The maximum absolute atomic E-state index is 12.4. The minimum absolute atomic E-state index is 0.0367. The molecular formula is C11H12F3NO3. The number of nitrogens with zero attached hydrogens (tertiary/aromatic N) is 1. The third-order valence-corrected chi connectivity index (χ3v) is 2.09. The van der Waals surface area contributed by atoms with Gasteiger partial charge in [0.15, 0.2) is 0 Å². The van der Waals surface area contributed by atoms with Crippen LogP contribution in [-0.4, -0.2) is 24.7 Å². The number of hydrogen-bond acceptors (Lipinski definition) is 4. The van der Waals surface area contributed by atoms with E-state index in [9.17, 15) is 18.0 Å².